The van der Waals surface area contributed by atoms with Gasteiger partial charge in [-0.2, -0.15) is 0 Å². The van der Waals surface area contributed by atoms with Crippen molar-refractivity contribution in [1.82, 2.24) is 15.2 Å². The van der Waals surface area contributed by atoms with E-state index in [0.717, 1.165) is 4.90 Å². The summed E-state index contributed by atoms with van der Waals surface area (Å²) in [7, 11) is 3.72. The third-order valence-electron chi connectivity index (χ3n) is 5.12. The molecule has 2 saturated heterocycles. The van der Waals surface area contributed by atoms with Crippen molar-refractivity contribution in [3.8, 4) is 0 Å². The second-order valence-electron chi connectivity index (χ2n) is 6.36. The molecule has 4 atom stereocenters. The van der Waals surface area contributed by atoms with E-state index in [4.69, 9.17) is 9.47 Å². The standard InChI is InChI=1S/C17H19N3O6/c1-20-14(22)11-12(15(20)23)17(16(24)26-3,7-10(21)25-2)19-13(11)9-5-4-6-18-8-9/h4-6,8,11-13,19H,7H2,1-3H3/t11-,12-,13-,17-/m1/s1. The molecule has 3 heterocycles. The quantitative estimate of drug-likeness (QED) is 0.560. The fourth-order valence-electron chi connectivity index (χ4n) is 3.90. The first-order valence-corrected chi connectivity index (χ1v) is 8.01. The average molecular weight is 361 g/mol. The topological polar surface area (TPSA) is 115 Å². The van der Waals surface area contributed by atoms with Gasteiger partial charge in [-0.05, 0) is 11.6 Å². The summed E-state index contributed by atoms with van der Waals surface area (Å²) in [6.45, 7) is 0. The van der Waals surface area contributed by atoms with Gasteiger partial charge in [0.15, 0.2) is 0 Å². The van der Waals surface area contributed by atoms with Crippen LogP contribution in [0.4, 0.5) is 0 Å². The van der Waals surface area contributed by atoms with Gasteiger partial charge in [0.25, 0.3) is 0 Å². The third-order valence-corrected chi connectivity index (χ3v) is 5.12. The van der Waals surface area contributed by atoms with Gasteiger partial charge in [0.05, 0.1) is 32.5 Å². The molecular formula is C17H19N3O6. The highest BCUT2D eigenvalue weighted by molar-refractivity contribution is 6.10. The summed E-state index contributed by atoms with van der Waals surface area (Å²) < 4.78 is 9.59. The Balaban J connectivity index is 2.15. The highest BCUT2D eigenvalue weighted by Gasteiger charge is 2.68. The Morgan fingerprint density at radius 3 is 2.58 bits per heavy atom. The Kier molecular flexibility index (Phi) is 4.49. The minimum atomic E-state index is -1.69. The van der Waals surface area contributed by atoms with Gasteiger partial charge in [-0.1, -0.05) is 6.07 Å². The number of hydrogen-bond acceptors (Lipinski definition) is 8. The zero-order valence-corrected chi connectivity index (χ0v) is 14.6. The van der Waals surface area contributed by atoms with E-state index in [0.29, 0.717) is 5.56 Å². The Morgan fingerprint density at radius 2 is 2.00 bits per heavy atom. The fraction of sp³-hybridized carbons (Fsp3) is 0.471. The van der Waals surface area contributed by atoms with E-state index >= 15 is 0 Å². The van der Waals surface area contributed by atoms with Crippen molar-refractivity contribution in [2.24, 2.45) is 11.8 Å². The summed E-state index contributed by atoms with van der Waals surface area (Å²) in [6.07, 6.45) is 2.70. The molecule has 1 N–H and O–H groups in total. The molecular weight excluding hydrogens is 342 g/mol. The maximum Gasteiger partial charge on any atom is 0.327 e. The number of fused-ring (bicyclic) bond motifs is 1. The predicted molar refractivity (Wildman–Crippen MR) is 86.3 cm³/mol. The Bertz CT molecular complexity index is 767. The minimum absolute atomic E-state index is 0.419. The van der Waals surface area contributed by atoms with Crippen molar-refractivity contribution in [2.45, 2.75) is 18.0 Å². The van der Waals surface area contributed by atoms with E-state index < -0.39 is 53.6 Å². The van der Waals surface area contributed by atoms with E-state index in [1.165, 1.54) is 21.3 Å². The van der Waals surface area contributed by atoms with Crippen LogP contribution in [0.1, 0.15) is 18.0 Å². The first-order chi connectivity index (χ1) is 12.4. The summed E-state index contributed by atoms with van der Waals surface area (Å²) in [6, 6.07) is 2.76. The number of likely N-dealkylation sites (tertiary alicyclic amines) is 1. The van der Waals surface area contributed by atoms with Gasteiger partial charge in [-0.3, -0.25) is 34.4 Å². The van der Waals surface area contributed by atoms with Crippen LogP contribution in [0.5, 0.6) is 0 Å². The Morgan fingerprint density at radius 1 is 1.27 bits per heavy atom. The minimum Gasteiger partial charge on any atom is -0.469 e. The van der Waals surface area contributed by atoms with Gasteiger partial charge >= 0.3 is 11.9 Å². The number of aromatic nitrogens is 1. The van der Waals surface area contributed by atoms with Crippen LogP contribution in [0.25, 0.3) is 0 Å². The van der Waals surface area contributed by atoms with E-state index in [1.54, 1.807) is 24.5 Å². The summed E-state index contributed by atoms with van der Waals surface area (Å²) in [5.41, 5.74) is -1.06. The van der Waals surface area contributed by atoms with E-state index in [-0.39, 0.29) is 0 Å². The highest BCUT2D eigenvalue weighted by Crippen LogP contribution is 2.50. The van der Waals surface area contributed by atoms with Crippen LogP contribution in [-0.2, 0) is 28.7 Å². The van der Waals surface area contributed by atoms with Crippen molar-refractivity contribution in [3.63, 3.8) is 0 Å². The first-order valence-electron chi connectivity index (χ1n) is 8.01. The molecule has 0 saturated carbocycles. The van der Waals surface area contributed by atoms with Crippen molar-refractivity contribution in [2.75, 3.05) is 21.3 Å². The van der Waals surface area contributed by atoms with Crippen LogP contribution < -0.4 is 5.32 Å². The molecule has 3 rings (SSSR count). The first kappa shape index (κ1) is 18.0. The van der Waals surface area contributed by atoms with Gasteiger partial charge in [0.2, 0.25) is 11.8 Å². The fourth-order valence-corrected chi connectivity index (χ4v) is 3.90. The zero-order chi connectivity index (χ0) is 19.1. The molecule has 0 aliphatic carbocycles. The SMILES string of the molecule is COC(=O)C[C@@]1(C(=O)OC)N[C@H](c2cccnc2)[C@@H]2C(=O)N(C)C(=O)[C@@H]21. The monoisotopic (exact) mass is 361 g/mol. The Labute approximate surface area is 149 Å². The maximum absolute atomic E-state index is 12.8. The van der Waals surface area contributed by atoms with E-state index in [9.17, 15) is 19.2 Å². The van der Waals surface area contributed by atoms with Crippen LogP contribution in [0.15, 0.2) is 24.5 Å². The molecule has 138 valence electrons. The van der Waals surface area contributed by atoms with E-state index in [1.807, 2.05) is 0 Å². The number of esters is 2. The van der Waals surface area contributed by atoms with Crippen molar-refractivity contribution in [1.29, 1.82) is 0 Å². The molecule has 2 aliphatic heterocycles. The van der Waals surface area contributed by atoms with Gasteiger partial charge in [-0.25, -0.2) is 0 Å². The third kappa shape index (κ3) is 2.47. The lowest BCUT2D eigenvalue weighted by molar-refractivity contribution is -0.159. The molecule has 0 radical (unpaired) electrons. The van der Waals surface area contributed by atoms with Gasteiger partial charge < -0.3 is 9.47 Å². The number of pyridine rings is 1. The van der Waals surface area contributed by atoms with Crippen LogP contribution in [0, 0.1) is 11.8 Å². The van der Waals surface area contributed by atoms with Gasteiger partial charge in [-0.15, -0.1) is 0 Å². The van der Waals surface area contributed by atoms with Crippen molar-refractivity contribution >= 4 is 23.8 Å². The van der Waals surface area contributed by atoms with Crippen LogP contribution in [0.3, 0.4) is 0 Å². The summed E-state index contributed by atoms with van der Waals surface area (Å²) in [5.74, 6) is -4.36. The average Bonchev–Trinajstić information content (AvgIpc) is 3.12. The van der Waals surface area contributed by atoms with Crippen molar-refractivity contribution in [3.05, 3.63) is 30.1 Å². The number of amides is 2. The largest absolute Gasteiger partial charge is 0.469 e. The van der Waals surface area contributed by atoms with Crippen LogP contribution in [-0.4, -0.2) is 60.4 Å². The smallest absolute Gasteiger partial charge is 0.327 e. The number of hydrogen-bond donors (Lipinski definition) is 1. The molecule has 9 heteroatoms. The van der Waals surface area contributed by atoms with Gasteiger partial charge in [0, 0.05) is 25.5 Å². The second-order valence-corrected chi connectivity index (χ2v) is 6.36. The highest BCUT2D eigenvalue weighted by atomic mass is 16.5. The molecule has 2 amide bonds. The lowest BCUT2D eigenvalue weighted by Crippen LogP contribution is -2.57. The number of carbonyl (C=O) groups is 4. The number of nitrogens with one attached hydrogen (secondary N) is 1. The summed E-state index contributed by atoms with van der Waals surface area (Å²) in [4.78, 5) is 55.2. The maximum atomic E-state index is 12.8. The number of imide groups is 1. The van der Waals surface area contributed by atoms with Crippen molar-refractivity contribution < 1.29 is 28.7 Å². The van der Waals surface area contributed by atoms with Crippen LogP contribution >= 0.6 is 0 Å². The van der Waals surface area contributed by atoms with E-state index in [2.05, 4.69) is 10.3 Å². The lowest BCUT2D eigenvalue weighted by atomic mass is 9.77. The molecule has 26 heavy (non-hydrogen) atoms. The Hall–Kier alpha value is -2.81. The number of ether oxygens (including phenoxy) is 2. The molecule has 1 aromatic heterocycles. The molecule has 9 nitrogen and oxygen atoms in total. The number of carbonyl (C=O) groups excluding carboxylic acids is 4. The predicted octanol–water partition coefficient (Wildman–Crippen LogP) is -0.568. The molecule has 0 bridgehead atoms. The molecule has 0 aromatic carbocycles. The zero-order valence-electron chi connectivity index (χ0n) is 14.6. The molecule has 0 spiro atoms. The summed E-state index contributed by atoms with van der Waals surface area (Å²) >= 11 is 0. The molecule has 2 aliphatic rings. The van der Waals surface area contributed by atoms with Crippen LogP contribution in [0.2, 0.25) is 0 Å². The number of rotatable bonds is 4. The molecule has 2 fully saturated rings. The molecule has 0 unspecified atom stereocenters. The van der Waals surface area contributed by atoms with Gasteiger partial charge in [0.1, 0.15) is 5.54 Å². The number of methoxy groups -OCH3 is 2. The second kappa shape index (κ2) is 6.49. The molecule has 1 aromatic rings. The summed E-state index contributed by atoms with van der Waals surface area (Å²) in [5, 5.41) is 3.04. The number of nitrogens with zero attached hydrogens (tertiary/aromatic N) is 2. The lowest BCUT2D eigenvalue weighted by Gasteiger charge is -2.30. The normalized spacial score (nSPS) is 30.3.